The highest BCUT2D eigenvalue weighted by molar-refractivity contribution is 6.99. The first-order valence-electron chi connectivity index (χ1n) is 4.29. The van der Waals surface area contributed by atoms with E-state index in [0.717, 1.165) is 0 Å². The molecule has 0 heterocycles. The molecule has 0 amide bonds. The molecule has 72 valence electrons. The Morgan fingerprint density at radius 1 is 1.00 bits per heavy atom. The van der Waals surface area contributed by atoms with Crippen LogP contribution < -0.4 is 0 Å². The summed E-state index contributed by atoms with van der Waals surface area (Å²) in [7, 11) is -3.05. The van der Waals surface area contributed by atoms with Crippen molar-refractivity contribution in [3.63, 3.8) is 0 Å². The highest BCUT2D eigenvalue weighted by atomic mass is 28.4. The molecule has 0 rings (SSSR count). The lowest BCUT2D eigenvalue weighted by molar-refractivity contribution is -0.135. The number of carboxylic acids is 1. The van der Waals surface area contributed by atoms with Gasteiger partial charge in [-0.15, -0.1) is 0 Å². The van der Waals surface area contributed by atoms with Crippen LogP contribution in [0.2, 0.25) is 44.4 Å². The molecular weight excluding hydrogens is 184 g/mol. The number of hydrogen-bond acceptors (Lipinski definition) is 1. The van der Waals surface area contributed by atoms with Gasteiger partial charge in [-0.05, 0) is 0 Å². The Balaban J connectivity index is 4.82. The van der Waals surface area contributed by atoms with Gasteiger partial charge in [-0.2, -0.15) is 0 Å². The summed E-state index contributed by atoms with van der Waals surface area (Å²) in [4.78, 5) is 11.1. The van der Waals surface area contributed by atoms with Crippen molar-refractivity contribution >= 4 is 22.1 Å². The number of carbonyl (C=O) groups is 1. The zero-order chi connectivity index (χ0) is 10.2. The van der Waals surface area contributed by atoms with Gasteiger partial charge in [0.15, 0.2) is 0 Å². The van der Waals surface area contributed by atoms with E-state index < -0.39 is 22.1 Å². The van der Waals surface area contributed by atoms with Crippen LogP contribution in [0.4, 0.5) is 0 Å². The standard InChI is InChI=1S/C8H20O2Si2/c1-11(2,3)8(7(9)10)12(4,5)6/h8H,1-6H3,(H,9,10). The quantitative estimate of drug-likeness (QED) is 0.718. The van der Waals surface area contributed by atoms with Gasteiger partial charge in [-0.3, -0.25) is 4.79 Å². The Morgan fingerprint density at radius 3 is 1.25 bits per heavy atom. The van der Waals surface area contributed by atoms with Crippen molar-refractivity contribution in [1.29, 1.82) is 0 Å². The van der Waals surface area contributed by atoms with Gasteiger partial charge < -0.3 is 5.11 Å². The van der Waals surface area contributed by atoms with Crippen molar-refractivity contribution in [2.75, 3.05) is 0 Å². The van der Waals surface area contributed by atoms with E-state index in [1.165, 1.54) is 0 Å². The van der Waals surface area contributed by atoms with Gasteiger partial charge in [0.05, 0.1) is 16.1 Å². The normalized spacial score (nSPS) is 13.6. The van der Waals surface area contributed by atoms with Crippen molar-refractivity contribution in [1.82, 2.24) is 0 Å². The van der Waals surface area contributed by atoms with Crippen LogP contribution in [0, 0.1) is 0 Å². The van der Waals surface area contributed by atoms with Gasteiger partial charge in [-0.1, -0.05) is 39.3 Å². The summed E-state index contributed by atoms with van der Waals surface area (Å²) in [5.41, 5.74) is 0. The molecule has 4 heteroatoms. The van der Waals surface area contributed by atoms with E-state index in [1.807, 2.05) is 0 Å². The number of aliphatic carboxylic acids is 1. The molecule has 0 saturated carbocycles. The van der Waals surface area contributed by atoms with Crippen LogP contribution in [-0.2, 0) is 4.79 Å². The molecule has 0 aromatic heterocycles. The third-order valence-corrected chi connectivity index (χ3v) is 11.1. The smallest absolute Gasteiger partial charge is 0.300 e. The summed E-state index contributed by atoms with van der Waals surface area (Å²) >= 11 is 0. The second-order valence-corrected chi connectivity index (χ2v) is 16.7. The molecule has 0 unspecified atom stereocenters. The summed E-state index contributed by atoms with van der Waals surface area (Å²) in [6.07, 6.45) is 0. The molecule has 0 aliphatic heterocycles. The zero-order valence-electron chi connectivity index (χ0n) is 8.93. The molecule has 2 nitrogen and oxygen atoms in total. The molecule has 0 aromatic rings. The average Bonchev–Trinajstić information content (AvgIpc) is 1.49. The zero-order valence-corrected chi connectivity index (χ0v) is 10.9. The Bertz CT molecular complexity index is 162. The predicted molar refractivity (Wildman–Crippen MR) is 58.1 cm³/mol. The maximum atomic E-state index is 11.1. The molecule has 0 aromatic carbocycles. The van der Waals surface area contributed by atoms with Gasteiger partial charge in [0.25, 0.3) is 0 Å². The van der Waals surface area contributed by atoms with Crippen molar-refractivity contribution in [2.24, 2.45) is 0 Å². The minimum Gasteiger partial charge on any atom is -0.481 e. The average molecular weight is 204 g/mol. The topological polar surface area (TPSA) is 37.3 Å². The van der Waals surface area contributed by atoms with Gasteiger partial charge in [0, 0.05) is 5.16 Å². The van der Waals surface area contributed by atoms with Crippen LogP contribution >= 0.6 is 0 Å². The molecule has 0 atom stereocenters. The monoisotopic (exact) mass is 204 g/mol. The molecular formula is C8H20O2Si2. The summed E-state index contributed by atoms with van der Waals surface area (Å²) in [5, 5.41) is 9.09. The van der Waals surface area contributed by atoms with Gasteiger partial charge in [0.2, 0.25) is 0 Å². The Kier molecular flexibility index (Phi) is 3.31. The van der Waals surface area contributed by atoms with E-state index in [9.17, 15) is 4.79 Å². The van der Waals surface area contributed by atoms with E-state index in [2.05, 4.69) is 39.3 Å². The van der Waals surface area contributed by atoms with Crippen LogP contribution in [0.5, 0.6) is 0 Å². The van der Waals surface area contributed by atoms with Crippen LogP contribution in [-0.4, -0.2) is 27.2 Å². The second-order valence-electron chi connectivity index (χ2n) is 5.50. The van der Waals surface area contributed by atoms with E-state index in [1.54, 1.807) is 0 Å². The molecule has 0 aliphatic rings. The molecule has 12 heavy (non-hydrogen) atoms. The lowest BCUT2D eigenvalue weighted by Gasteiger charge is -2.34. The van der Waals surface area contributed by atoms with Crippen molar-refractivity contribution in [3.05, 3.63) is 0 Å². The molecule has 1 N–H and O–H groups in total. The summed E-state index contributed by atoms with van der Waals surface area (Å²) in [6, 6.07) is 0. The molecule has 0 saturated heterocycles. The summed E-state index contributed by atoms with van der Waals surface area (Å²) in [6.45, 7) is 12.9. The first-order chi connectivity index (χ1) is 5.07. The Hall–Kier alpha value is -0.0962. The number of hydrogen-bond donors (Lipinski definition) is 1. The Labute approximate surface area is 77.0 Å². The summed E-state index contributed by atoms with van der Waals surface area (Å²) < 4.78 is 0. The van der Waals surface area contributed by atoms with Gasteiger partial charge >= 0.3 is 5.97 Å². The number of carboxylic acid groups (broad SMARTS) is 1. The first-order valence-corrected chi connectivity index (χ1v) is 11.4. The van der Waals surface area contributed by atoms with Crippen LogP contribution in [0.1, 0.15) is 0 Å². The predicted octanol–water partition coefficient (Wildman–Crippen LogP) is 2.66. The highest BCUT2D eigenvalue weighted by Gasteiger charge is 2.42. The van der Waals surface area contributed by atoms with Crippen LogP contribution in [0.25, 0.3) is 0 Å². The fourth-order valence-corrected chi connectivity index (χ4v) is 13.9. The fraction of sp³-hybridized carbons (Fsp3) is 0.875. The van der Waals surface area contributed by atoms with Crippen molar-refractivity contribution < 1.29 is 9.90 Å². The van der Waals surface area contributed by atoms with Crippen LogP contribution in [0.3, 0.4) is 0 Å². The molecule has 0 radical (unpaired) electrons. The lowest BCUT2D eigenvalue weighted by atomic mass is 10.8. The van der Waals surface area contributed by atoms with E-state index >= 15 is 0 Å². The molecule has 0 bridgehead atoms. The molecule has 0 aliphatic carbocycles. The second kappa shape index (κ2) is 3.34. The highest BCUT2D eigenvalue weighted by Crippen LogP contribution is 2.31. The largest absolute Gasteiger partial charge is 0.481 e. The SMILES string of the molecule is C[Si](C)(C)C(C(=O)O)[Si](C)(C)C. The first kappa shape index (κ1) is 11.9. The van der Waals surface area contributed by atoms with E-state index in [-0.39, 0.29) is 5.16 Å². The van der Waals surface area contributed by atoms with E-state index in [0.29, 0.717) is 0 Å². The minimum absolute atomic E-state index is 0.0231. The maximum absolute atomic E-state index is 11.1. The molecule has 0 spiro atoms. The van der Waals surface area contributed by atoms with Crippen LogP contribution in [0.15, 0.2) is 0 Å². The maximum Gasteiger partial charge on any atom is 0.300 e. The lowest BCUT2D eigenvalue weighted by Crippen LogP contribution is -2.48. The third kappa shape index (κ3) is 3.10. The van der Waals surface area contributed by atoms with Gasteiger partial charge in [0.1, 0.15) is 0 Å². The molecule has 0 fully saturated rings. The fourth-order valence-electron chi connectivity index (χ4n) is 2.04. The van der Waals surface area contributed by atoms with Crippen molar-refractivity contribution in [2.45, 2.75) is 44.4 Å². The third-order valence-electron chi connectivity index (χ3n) is 1.98. The Morgan fingerprint density at radius 2 is 1.25 bits per heavy atom. The number of rotatable bonds is 3. The summed E-state index contributed by atoms with van der Waals surface area (Å²) in [5.74, 6) is -0.576. The van der Waals surface area contributed by atoms with E-state index in [4.69, 9.17) is 5.11 Å². The van der Waals surface area contributed by atoms with Gasteiger partial charge in [-0.25, -0.2) is 0 Å². The van der Waals surface area contributed by atoms with Crippen molar-refractivity contribution in [3.8, 4) is 0 Å². The minimum atomic E-state index is -1.52.